The number of ether oxygens (including phenoxy) is 1. The van der Waals surface area contributed by atoms with E-state index in [2.05, 4.69) is 10.6 Å². The molecule has 0 spiro atoms. The van der Waals surface area contributed by atoms with E-state index in [1.165, 1.54) is 0 Å². The Bertz CT molecular complexity index is 993. The van der Waals surface area contributed by atoms with Gasteiger partial charge in [-0.2, -0.15) is 0 Å². The maximum atomic E-state index is 13.0. The summed E-state index contributed by atoms with van der Waals surface area (Å²) in [6.07, 6.45) is 4.73. The van der Waals surface area contributed by atoms with E-state index in [0.29, 0.717) is 19.3 Å². The fourth-order valence-electron chi connectivity index (χ4n) is 4.05. The van der Waals surface area contributed by atoms with E-state index >= 15 is 0 Å². The van der Waals surface area contributed by atoms with Crippen LogP contribution in [0.15, 0.2) is 72.8 Å². The van der Waals surface area contributed by atoms with Crippen LogP contribution < -0.4 is 10.6 Å². The summed E-state index contributed by atoms with van der Waals surface area (Å²) in [7, 11) is 0. The lowest BCUT2D eigenvalue weighted by atomic mass is 9.94. The molecule has 0 aliphatic carbocycles. The van der Waals surface area contributed by atoms with Crippen LogP contribution >= 0.6 is 0 Å². The predicted molar refractivity (Wildman–Crippen MR) is 133 cm³/mol. The summed E-state index contributed by atoms with van der Waals surface area (Å²) in [6.45, 7) is 1.60. The first-order chi connectivity index (χ1) is 17.0. The molecule has 186 valence electrons. The van der Waals surface area contributed by atoms with Crippen molar-refractivity contribution < 1.29 is 24.2 Å². The van der Waals surface area contributed by atoms with Crippen molar-refractivity contribution in [2.45, 2.75) is 44.8 Å². The molecule has 1 aliphatic heterocycles. The number of hydrogen-bond donors (Lipinski definition) is 3. The lowest BCUT2D eigenvalue weighted by Crippen LogP contribution is -2.48. The topological polar surface area (TPSA) is 105 Å². The van der Waals surface area contributed by atoms with Gasteiger partial charge < -0.3 is 20.5 Å². The Morgan fingerprint density at radius 1 is 1.03 bits per heavy atom. The van der Waals surface area contributed by atoms with Gasteiger partial charge in [0, 0.05) is 0 Å². The van der Waals surface area contributed by atoms with Gasteiger partial charge in [0.25, 0.3) is 0 Å². The van der Waals surface area contributed by atoms with E-state index in [1.54, 1.807) is 13.0 Å². The summed E-state index contributed by atoms with van der Waals surface area (Å²) in [6, 6.07) is 18.8. The molecule has 3 unspecified atom stereocenters. The molecule has 2 amide bonds. The molecule has 2 aromatic rings. The van der Waals surface area contributed by atoms with Crippen LogP contribution in [0.2, 0.25) is 0 Å². The number of rotatable bonds is 7. The minimum absolute atomic E-state index is 0.115. The third kappa shape index (κ3) is 8.37. The number of carbonyl (C=O) groups is 3. The Kier molecular flexibility index (Phi) is 10.0. The van der Waals surface area contributed by atoms with Gasteiger partial charge in [0.15, 0.2) is 0 Å². The summed E-state index contributed by atoms with van der Waals surface area (Å²) in [5.74, 6) is -2.49. The molecule has 0 aromatic heterocycles. The van der Waals surface area contributed by atoms with E-state index in [-0.39, 0.29) is 31.5 Å². The van der Waals surface area contributed by atoms with Crippen molar-refractivity contribution in [1.82, 2.24) is 10.6 Å². The third-order valence-electron chi connectivity index (χ3n) is 6.02. The lowest BCUT2D eigenvalue weighted by Gasteiger charge is -2.23. The van der Waals surface area contributed by atoms with Crippen molar-refractivity contribution in [2.24, 2.45) is 11.8 Å². The number of benzene rings is 2. The zero-order valence-electron chi connectivity index (χ0n) is 20.1. The number of amides is 2. The molecule has 0 bridgehead atoms. The SMILES string of the molecule is CC1CNC(=O)C(C(=O)N[C@@H](CO)Cc2ccccc2)CC=CCC(Cc2ccccc2)C(=O)O1. The smallest absolute Gasteiger partial charge is 0.309 e. The first kappa shape index (κ1) is 26.2. The highest BCUT2D eigenvalue weighted by Gasteiger charge is 2.29. The molecule has 2 aromatic carbocycles. The highest BCUT2D eigenvalue weighted by Crippen LogP contribution is 2.18. The van der Waals surface area contributed by atoms with Crippen LogP contribution in [0.1, 0.15) is 30.9 Å². The monoisotopic (exact) mass is 478 g/mol. The number of cyclic esters (lactones) is 1. The van der Waals surface area contributed by atoms with Crippen molar-refractivity contribution >= 4 is 17.8 Å². The Labute approximate surface area is 206 Å². The zero-order chi connectivity index (χ0) is 25.0. The molecular weight excluding hydrogens is 444 g/mol. The molecule has 1 heterocycles. The normalized spacial score (nSPS) is 22.2. The Morgan fingerprint density at radius 2 is 1.66 bits per heavy atom. The second kappa shape index (κ2) is 13.4. The summed E-state index contributed by atoms with van der Waals surface area (Å²) < 4.78 is 5.58. The van der Waals surface area contributed by atoms with Crippen molar-refractivity contribution in [3.05, 3.63) is 83.9 Å². The molecule has 0 radical (unpaired) electrons. The summed E-state index contributed by atoms with van der Waals surface area (Å²) in [5, 5.41) is 15.3. The molecule has 7 heteroatoms. The van der Waals surface area contributed by atoms with Crippen molar-refractivity contribution in [1.29, 1.82) is 0 Å². The van der Waals surface area contributed by atoms with Gasteiger partial charge in [-0.25, -0.2) is 0 Å². The van der Waals surface area contributed by atoms with Crippen LogP contribution in [-0.4, -0.2) is 48.2 Å². The second-order valence-corrected chi connectivity index (χ2v) is 8.95. The van der Waals surface area contributed by atoms with Crippen LogP contribution in [0.5, 0.6) is 0 Å². The number of allylic oxidation sites excluding steroid dienone is 2. The number of esters is 1. The largest absolute Gasteiger partial charge is 0.461 e. The molecule has 0 saturated heterocycles. The quantitative estimate of drug-likeness (QED) is 0.322. The lowest BCUT2D eigenvalue weighted by molar-refractivity contribution is -0.153. The van der Waals surface area contributed by atoms with Gasteiger partial charge in [0.2, 0.25) is 11.8 Å². The Balaban J connectivity index is 1.69. The molecule has 7 nitrogen and oxygen atoms in total. The van der Waals surface area contributed by atoms with E-state index in [1.807, 2.05) is 66.7 Å². The van der Waals surface area contributed by atoms with Crippen LogP contribution in [0.25, 0.3) is 0 Å². The van der Waals surface area contributed by atoms with Gasteiger partial charge in [-0.05, 0) is 43.7 Å². The van der Waals surface area contributed by atoms with E-state index in [0.717, 1.165) is 11.1 Å². The van der Waals surface area contributed by atoms with Crippen molar-refractivity contribution in [3.63, 3.8) is 0 Å². The number of aliphatic hydroxyl groups excluding tert-OH is 1. The highest BCUT2D eigenvalue weighted by molar-refractivity contribution is 6.00. The third-order valence-corrected chi connectivity index (χ3v) is 6.02. The Hall–Kier alpha value is -3.45. The molecule has 1 aliphatic rings. The molecular formula is C28H34N2O5. The standard InChI is InChI=1S/C28H34N2O5/c1-20-18-29-26(32)25(27(33)30-24(19-31)17-22-12-6-3-7-13-22)15-9-8-14-23(28(34)35-20)16-21-10-4-2-5-11-21/h2-13,20,23-25,31H,14-19H2,1H3,(H,29,32)(H,30,33)/t20?,23?,24-,25?/m1/s1. The number of nitrogens with one attached hydrogen (secondary N) is 2. The molecule has 3 rings (SSSR count). The van der Waals surface area contributed by atoms with Crippen LogP contribution in [0, 0.1) is 11.8 Å². The maximum absolute atomic E-state index is 13.0. The second-order valence-electron chi connectivity index (χ2n) is 8.95. The average Bonchev–Trinajstić information content (AvgIpc) is 2.86. The summed E-state index contributed by atoms with van der Waals surface area (Å²) in [4.78, 5) is 38.6. The zero-order valence-corrected chi connectivity index (χ0v) is 20.1. The van der Waals surface area contributed by atoms with Gasteiger partial charge in [-0.3, -0.25) is 14.4 Å². The summed E-state index contributed by atoms with van der Waals surface area (Å²) in [5.41, 5.74) is 2.02. The predicted octanol–water partition coefficient (Wildman–Crippen LogP) is 2.58. The van der Waals surface area contributed by atoms with Crippen LogP contribution in [0.3, 0.4) is 0 Å². The van der Waals surface area contributed by atoms with E-state index in [4.69, 9.17) is 4.74 Å². The molecule has 35 heavy (non-hydrogen) atoms. The molecule has 0 saturated carbocycles. The van der Waals surface area contributed by atoms with Crippen LogP contribution in [0.4, 0.5) is 0 Å². The average molecular weight is 479 g/mol. The molecule has 0 fully saturated rings. The molecule has 3 N–H and O–H groups in total. The van der Waals surface area contributed by atoms with E-state index < -0.39 is 29.9 Å². The first-order valence-corrected chi connectivity index (χ1v) is 12.1. The fraction of sp³-hybridized carbons (Fsp3) is 0.393. The molecule has 4 atom stereocenters. The highest BCUT2D eigenvalue weighted by atomic mass is 16.5. The van der Waals surface area contributed by atoms with E-state index in [9.17, 15) is 19.5 Å². The minimum atomic E-state index is -0.953. The minimum Gasteiger partial charge on any atom is -0.461 e. The van der Waals surface area contributed by atoms with Crippen molar-refractivity contribution in [3.8, 4) is 0 Å². The Morgan fingerprint density at radius 3 is 2.31 bits per heavy atom. The fourth-order valence-corrected chi connectivity index (χ4v) is 4.05. The number of carbonyl (C=O) groups excluding carboxylic acids is 3. The van der Waals surface area contributed by atoms with Crippen LogP contribution in [-0.2, 0) is 32.0 Å². The van der Waals surface area contributed by atoms with Gasteiger partial charge in [0.1, 0.15) is 12.0 Å². The van der Waals surface area contributed by atoms with Gasteiger partial charge >= 0.3 is 5.97 Å². The van der Waals surface area contributed by atoms with Crippen molar-refractivity contribution in [2.75, 3.05) is 13.2 Å². The van der Waals surface area contributed by atoms with Gasteiger partial charge in [-0.15, -0.1) is 0 Å². The van der Waals surface area contributed by atoms with Gasteiger partial charge in [0.05, 0.1) is 25.1 Å². The summed E-state index contributed by atoms with van der Waals surface area (Å²) >= 11 is 0. The maximum Gasteiger partial charge on any atom is 0.309 e. The number of aliphatic hydroxyl groups is 1. The first-order valence-electron chi connectivity index (χ1n) is 12.1. The number of hydrogen-bond acceptors (Lipinski definition) is 5. The van der Waals surface area contributed by atoms with Gasteiger partial charge in [-0.1, -0.05) is 72.8 Å².